The molecule has 0 bridgehead atoms. The second kappa shape index (κ2) is 8.51. The average molecular weight is 329 g/mol. The zero-order valence-corrected chi connectivity index (χ0v) is 13.8. The number of aliphatic hydroxyl groups excluding tert-OH is 1. The minimum absolute atomic E-state index is 0.0348. The molecule has 1 aliphatic rings. The number of fused-ring (bicyclic) bond motifs is 1. The first-order valence-corrected chi connectivity index (χ1v) is 8.24. The summed E-state index contributed by atoms with van der Waals surface area (Å²) >= 11 is 0. The molecule has 0 radical (unpaired) electrons. The smallest absolute Gasteiger partial charge is 0.342 e. The number of phenols is 1. The molecule has 0 saturated carbocycles. The van der Waals surface area contributed by atoms with Crippen molar-refractivity contribution < 1.29 is 19.7 Å². The third kappa shape index (κ3) is 4.59. The number of esters is 1. The fraction of sp³-hybridized carbons (Fsp3) is 0.474. The molecule has 2 N–H and O–H groups in total. The molecule has 1 aromatic carbocycles. The molecule has 5 nitrogen and oxygen atoms in total. The standard InChI is InChI=1S/C19H23NO4/c1-13-6-2-3-7-14-8-4-10-16(21)18(14)19(23)24-15(9-5-11-20)12-17(13)22/h2-4,8,10,13,15,17,21-22H,5-7,9,12H2,1H3/b3-2+/t13-,15-,17+/m1/s1. The van der Waals surface area contributed by atoms with Gasteiger partial charge in [-0.3, -0.25) is 0 Å². The average Bonchev–Trinajstić information content (AvgIpc) is 2.55. The van der Waals surface area contributed by atoms with Crippen LogP contribution in [0.3, 0.4) is 0 Å². The number of aromatic hydroxyl groups is 1. The number of carbonyl (C=O) groups excluding carboxylic acids is 1. The monoisotopic (exact) mass is 329 g/mol. The fourth-order valence-corrected chi connectivity index (χ4v) is 2.83. The van der Waals surface area contributed by atoms with E-state index in [0.717, 1.165) is 0 Å². The van der Waals surface area contributed by atoms with Gasteiger partial charge < -0.3 is 14.9 Å². The molecular formula is C19H23NO4. The van der Waals surface area contributed by atoms with Gasteiger partial charge in [-0.05, 0) is 36.8 Å². The number of ether oxygens (including phenoxy) is 1. The fourth-order valence-electron chi connectivity index (χ4n) is 2.83. The van der Waals surface area contributed by atoms with Crippen LogP contribution in [0.25, 0.3) is 0 Å². The molecular weight excluding hydrogens is 306 g/mol. The Morgan fingerprint density at radius 2 is 2.17 bits per heavy atom. The molecule has 0 spiro atoms. The van der Waals surface area contributed by atoms with Gasteiger partial charge in [-0.1, -0.05) is 31.2 Å². The molecule has 5 heteroatoms. The first-order valence-electron chi connectivity index (χ1n) is 8.24. The highest BCUT2D eigenvalue weighted by atomic mass is 16.5. The van der Waals surface area contributed by atoms with Crippen molar-refractivity contribution >= 4 is 5.97 Å². The molecule has 2 rings (SSSR count). The first kappa shape index (κ1) is 18.0. The normalized spacial score (nSPS) is 26.2. The van der Waals surface area contributed by atoms with E-state index in [9.17, 15) is 15.0 Å². The second-order valence-electron chi connectivity index (χ2n) is 6.23. The number of hydrogen-bond donors (Lipinski definition) is 2. The maximum absolute atomic E-state index is 12.5. The predicted octanol–water partition coefficient (Wildman–Crippen LogP) is 3.11. The lowest BCUT2D eigenvalue weighted by atomic mass is 9.93. The van der Waals surface area contributed by atoms with Crippen molar-refractivity contribution in [2.24, 2.45) is 5.92 Å². The Morgan fingerprint density at radius 3 is 2.92 bits per heavy atom. The lowest BCUT2D eigenvalue weighted by molar-refractivity contribution is 0.00380. The summed E-state index contributed by atoms with van der Waals surface area (Å²) < 4.78 is 5.52. The molecule has 1 heterocycles. The summed E-state index contributed by atoms with van der Waals surface area (Å²) in [6, 6.07) is 6.98. The van der Waals surface area contributed by atoms with Crippen molar-refractivity contribution in [2.45, 2.75) is 51.2 Å². The van der Waals surface area contributed by atoms with Crippen LogP contribution in [-0.2, 0) is 11.2 Å². The van der Waals surface area contributed by atoms with Gasteiger partial charge in [-0.25, -0.2) is 4.79 Å². The zero-order valence-electron chi connectivity index (χ0n) is 13.8. The number of cyclic esters (lactones) is 1. The summed E-state index contributed by atoms with van der Waals surface area (Å²) in [4.78, 5) is 12.5. The Morgan fingerprint density at radius 1 is 1.38 bits per heavy atom. The van der Waals surface area contributed by atoms with E-state index < -0.39 is 18.2 Å². The number of hydrogen-bond acceptors (Lipinski definition) is 5. The van der Waals surface area contributed by atoms with Crippen molar-refractivity contribution in [3.63, 3.8) is 0 Å². The zero-order chi connectivity index (χ0) is 17.5. The number of nitriles is 1. The van der Waals surface area contributed by atoms with E-state index in [2.05, 4.69) is 0 Å². The van der Waals surface area contributed by atoms with Crippen molar-refractivity contribution in [1.82, 2.24) is 0 Å². The Bertz CT molecular complexity index is 647. The van der Waals surface area contributed by atoms with Crippen molar-refractivity contribution in [3.05, 3.63) is 41.5 Å². The van der Waals surface area contributed by atoms with E-state index >= 15 is 0 Å². The molecule has 0 aromatic heterocycles. The molecule has 3 atom stereocenters. The Hall–Kier alpha value is -2.32. The van der Waals surface area contributed by atoms with Gasteiger partial charge in [0.05, 0.1) is 12.2 Å². The number of benzene rings is 1. The molecule has 0 unspecified atom stereocenters. The first-order chi connectivity index (χ1) is 11.5. The van der Waals surface area contributed by atoms with E-state index in [-0.39, 0.29) is 30.1 Å². The predicted molar refractivity (Wildman–Crippen MR) is 89.4 cm³/mol. The van der Waals surface area contributed by atoms with Gasteiger partial charge in [-0.2, -0.15) is 5.26 Å². The minimum atomic E-state index is -0.616. The SMILES string of the molecule is C[C@@H]1C/C=C/Cc2cccc(O)c2C(=O)O[C@H](CCC#N)C[C@@H]1O. The van der Waals surface area contributed by atoms with Gasteiger partial charge in [0.2, 0.25) is 0 Å². The van der Waals surface area contributed by atoms with Crippen LogP contribution in [0, 0.1) is 17.2 Å². The van der Waals surface area contributed by atoms with Gasteiger partial charge in [0.1, 0.15) is 17.4 Å². The Labute approximate surface area is 142 Å². The van der Waals surface area contributed by atoms with E-state index in [0.29, 0.717) is 24.8 Å². The summed E-state index contributed by atoms with van der Waals surface area (Å²) in [5, 5.41) is 29.2. The molecule has 0 fully saturated rings. The van der Waals surface area contributed by atoms with Gasteiger partial charge >= 0.3 is 5.97 Å². The van der Waals surface area contributed by atoms with Crippen molar-refractivity contribution in [2.75, 3.05) is 0 Å². The summed E-state index contributed by atoms with van der Waals surface area (Å²) in [6.45, 7) is 1.95. The lowest BCUT2D eigenvalue weighted by Gasteiger charge is -2.24. The number of phenolic OH excluding ortho intramolecular Hbond substituents is 1. The Kier molecular flexibility index (Phi) is 6.39. The minimum Gasteiger partial charge on any atom is -0.507 e. The van der Waals surface area contributed by atoms with Crippen LogP contribution in [0.1, 0.15) is 48.5 Å². The third-order valence-electron chi connectivity index (χ3n) is 4.36. The van der Waals surface area contributed by atoms with Gasteiger partial charge in [0.25, 0.3) is 0 Å². The highest BCUT2D eigenvalue weighted by molar-refractivity contribution is 5.94. The van der Waals surface area contributed by atoms with Gasteiger partial charge in [0.15, 0.2) is 0 Å². The summed E-state index contributed by atoms with van der Waals surface area (Å²) in [5.41, 5.74) is 0.858. The van der Waals surface area contributed by atoms with Gasteiger partial charge in [-0.15, -0.1) is 0 Å². The number of nitrogens with zero attached hydrogens (tertiary/aromatic N) is 1. The quantitative estimate of drug-likeness (QED) is 0.642. The van der Waals surface area contributed by atoms with Crippen LogP contribution < -0.4 is 0 Å². The maximum Gasteiger partial charge on any atom is 0.342 e. The summed E-state index contributed by atoms with van der Waals surface area (Å²) in [6.07, 6.45) is 4.86. The lowest BCUT2D eigenvalue weighted by Crippen LogP contribution is -2.28. The van der Waals surface area contributed by atoms with E-state index in [1.807, 2.05) is 25.1 Å². The van der Waals surface area contributed by atoms with Crippen LogP contribution in [0.15, 0.2) is 30.4 Å². The third-order valence-corrected chi connectivity index (χ3v) is 4.36. The Balaban J connectivity index is 2.33. The van der Waals surface area contributed by atoms with Crippen LogP contribution in [0.4, 0.5) is 0 Å². The van der Waals surface area contributed by atoms with E-state index in [1.54, 1.807) is 12.1 Å². The van der Waals surface area contributed by atoms with Crippen LogP contribution >= 0.6 is 0 Å². The summed E-state index contributed by atoms with van der Waals surface area (Å²) in [5.74, 6) is -0.691. The number of carbonyl (C=O) groups is 1. The second-order valence-corrected chi connectivity index (χ2v) is 6.23. The van der Waals surface area contributed by atoms with Crippen LogP contribution in [0.2, 0.25) is 0 Å². The van der Waals surface area contributed by atoms with Crippen molar-refractivity contribution in [3.8, 4) is 11.8 Å². The highest BCUT2D eigenvalue weighted by Crippen LogP contribution is 2.26. The molecule has 0 amide bonds. The molecule has 1 aromatic rings. The molecule has 24 heavy (non-hydrogen) atoms. The number of allylic oxidation sites excluding steroid dienone is 2. The topological polar surface area (TPSA) is 90.5 Å². The molecule has 1 aliphatic heterocycles. The number of aliphatic hydroxyl groups is 1. The van der Waals surface area contributed by atoms with Gasteiger partial charge in [0, 0.05) is 12.8 Å². The van der Waals surface area contributed by atoms with E-state index in [4.69, 9.17) is 10.00 Å². The van der Waals surface area contributed by atoms with Crippen LogP contribution in [-0.4, -0.2) is 28.4 Å². The largest absolute Gasteiger partial charge is 0.507 e. The molecule has 0 saturated heterocycles. The van der Waals surface area contributed by atoms with Crippen molar-refractivity contribution in [1.29, 1.82) is 5.26 Å². The number of rotatable bonds is 2. The highest BCUT2D eigenvalue weighted by Gasteiger charge is 2.25. The summed E-state index contributed by atoms with van der Waals surface area (Å²) in [7, 11) is 0. The molecule has 128 valence electrons. The van der Waals surface area contributed by atoms with E-state index in [1.165, 1.54) is 6.07 Å². The maximum atomic E-state index is 12.5. The van der Waals surface area contributed by atoms with Crippen LogP contribution in [0.5, 0.6) is 5.75 Å². The molecule has 0 aliphatic carbocycles.